The van der Waals surface area contributed by atoms with Crippen molar-refractivity contribution >= 4 is 17.5 Å². The molecule has 2 N–H and O–H groups in total. The lowest BCUT2D eigenvalue weighted by Gasteiger charge is -2.06. The second kappa shape index (κ2) is 5.10. The third-order valence-corrected chi connectivity index (χ3v) is 2.65. The number of nitrogens with zero attached hydrogens (tertiary/aromatic N) is 2. The van der Waals surface area contributed by atoms with Gasteiger partial charge in [-0.25, -0.2) is 0 Å². The van der Waals surface area contributed by atoms with Crippen LogP contribution in [0, 0.1) is 0 Å². The predicted octanol–water partition coefficient (Wildman–Crippen LogP) is 1.71. The Bertz CT molecular complexity index is 580. The van der Waals surface area contributed by atoms with Crippen molar-refractivity contribution < 1.29 is 9.90 Å². The molecule has 2 aromatic rings. The van der Waals surface area contributed by atoms with E-state index >= 15 is 0 Å². The Kier molecular flexibility index (Phi) is 3.53. The van der Waals surface area contributed by atoms with Crippen molar-refractivity contribution in [3.8, 4) is 5.75 Å². The Morgan fingerprint density at radius 3 is 3.00 bits per heavy atom. The van der Waals surface area contributed by atoms with Crippen molar-refractivity contribution in [1.29, 1.82) is 0 Å². The van der Waals surface area contributed by atoms with Gasteiger partial charge in [-0.3, -0.25) is 9.48 Å². The molecule has 0 bridgehead atoms. The maximum absolute atomic E-state index is 11.8. The highest BCUT2D eigenvalue weighted by Crippen LogP contribution is 2.21. The van der Waals surface area contributed by atoms with Crippen LogP contribution in [0.15, 0.2) is 30.6 Å². The number of nitrogens with one attached hydrogen (secondary N) is 1. The number of phenolic OH excluding ortho intramolecular Hbond substituents is 1. The van der Waals surface area contributed by atoms with Crippen LogP contribution in [-0.2, 0) is 13.6 Å². The van der Waals surface area contributed by atoms with E-state index in [0.29, 0.717) is 11.6 Å². The first kappa shape index (κ1) is 12.4. The Balaban J connectivity index is 2.05. The lowest BCUT2D eigenvalue weighted by atomic mass is 10.2. The number of carbonyl (C=O) groups is 1. The molecule has 18 heavy (non-hydrogen) atoms. The van der Waals surface area contributed by atoms with Gasteiger partial charge < -0.3 is 10.4 Å². The van der Waals surface area contributed by atoms with E-state index in [9.17, 15) is 9.90 Å². The van der Waals surface area contributed by atoms with Gasteiger partial charge in [0, 0.05) is 30.4 Å². The number of aryl methyl sites for hydroxylation is 1. The van der Waals surface area contributed by atoms with Gasteiger partial charge in [0.2, 0.25) is 0 Å². The number of phenols is 1. The third-order valence-electron chi connectivity index (χ3n) is 2.41. The minimum atomic E-state index is -0.376. The molecule has 6 heteroatoms. The lowest BCUT2D eigenvalue weighted by molar-refractivity contribution is 0.0948. The highest BCUT2D eigenvalue weighted by Gasteiger charge is 2.11. The van der Waals surface area contributed by atoms with E-state index in [1.807, 2.05) is 0 Å². The zero-order valence-corrected chi connectivity index (χ0v) is 10.5. The fourth-order valence-electron chi connectivity index (χ4n) is 1.53. The van der Waals surface area contributed by atoms with Gasteiger partial charge in [0.25, 0.3) is 5.91 Å². The molecule has 1 heterocycles. The number of amides is 1. The summed E-state index contributed by atoms with van der Waals surface area (Å²) in [4.78, 5) is 11.8. The molecular formula is C12H12ClN3O2. The average Bonchev–Trinajstić information content (AvgIpc) is 2.75. The van der Waals surface area contributed by atoms with Crippen LogP contribution >= 0.6 is 11.6 Å². The third kappa shape index (κ3) is 2.81. The minimum absolute atomic E-state index is 0.0944. The number of hydrogen-bond donors (Lipinski definition) is 2. The van der Waals surface area contributed by atoms with Gasteiger partial charge in [-0.15, -0.1) is 0 Å². The summed E-state index contributed by atoms with van der Waals surface area (Å²) in [5.74, 6) is -0.470. The fourth-order valence-corrected chi connectivity index (χ4v) is 1.70. The molecule has 0 unspecified atom stereocenters. The highest BCUT2D eigenvalue weighted by atomic mass is 35.5. The van der Waals surface area contributed by atoms with Gasteiger partial charge in [0.05, 0.1) is 11.8 Å². The van der Waals surface area contributed by atoms with Crippen LogP contribution in [0.5, 0.6) is 5.75 Å². The molecular weight excluding hydrogens is 254 g/mol. The number of carbonyl (C=O) groups excluding carboxylic acids is 1. The Hall–Kier alpha value is -2.01. The summed E-state index contributed by atoms with van der Waals surface area (Å²) in [5, 5.41) is 16.7. The Morgan fingerprint density at radius 1 is 1.56 bits per heavy atom. The van der Waals surface area contributed by atoms with Crippen molar-refractivity contribution in [2.24, 2.45) is 7.05 Å². The monoisotopic (exact) mass is 265 g/mol. The summed E-state index contributed by atoms with van der Waals surface area (Å²) >= 11 is 5.78. The second-order valence-corrected chi connectivity index (χ2v) is 4.30. The smallest absolute Gasteiger partial charge is 0.255 e. The van der Waals surface area contributed by atoms with Crippen LogP contribution in [-0.4, -0.2) is 20.8 Å². The fraction of sp³-hybridized carbons (Fsp3) is 0.167. The largest absolute Gasteiger partial charge is 0.507 e. The van der Waals surface area contributed by atoms with Gasteiger partial charge in [0.15, 0.2) is 0 Å². The molecule has 1 aromatic heterocycles. The minimum Gasteiger partial charge on any atom is -0.507 e. The predicted molar refractivity (Wildman–Crippen MR) is 67.5 cm³/mol. The molecule has 2 rings (SSSR count). The number of rotatable bonds is 3. The van der Waals surface area contributed by atoms with E-state index in [4.69, 9.17) is 11.6 Å². The van der Waals surface area contributed by atoms with Gasteiger partial charge in [-0.2, -0.15) is 5.10 Å². The summed E-state index contributed by atoms with van der Waals surface area (Å²) in [6.07, 6.45) is 3.47. The van der Waals surface area contributed by atoms with E-state index in [2.05, 4.69) is 10.4 Å². The number of benzene rings is 1. The first-order chi connectivity index (χ1) is 8.56. The first-order valence-electron chi connectivity index (χ1n) is 5.30. The molecule has 0 saturated heterocycles. The van der Waals surface area contributed by atoms with Crippen molar-refractivity contribution in [3.63, 3.8) is 0 Å². The molecule has 0 saturated carbocycles. The molecule has 0 fully saturated rings. The zero-order valence-electron chi connectivity index (χ0n) is 9.72. The summed E-state index contributed by atoms with van der Waals surface area (Å²) in [5.41, 5.74) is 1.04. The van der Waals surface area contributed by atoms with Crippen molar-refractivity contribution in [3.05, 3.63) is 46.7 Å². The van der Waals surface area contributed by atoms with E-state index in [1.54, 1.807) is 24.1 Å². The SMILES string of the molecule is Cn1cc(CNC(=O)c2cc(Cl)ccc2O)cn1. The molecule has 94 valence electrons. The quantitative estimate of drug-likeness (QED) is 0.888. The van der Waals surface area contributed by atoms with Gasteiger partial charge in [-0.1, -0.05) is 11.6 Å². The molecule has 0 spiro atoms. The van der Waals surface area contributed by atoms with Crippen LogP contribution in [0.25, 0.3) is 0 Å². The number of halogens is 1. The molecule has 0 aliphatic rings. The molecule has 1 amide bonds. The molecule has 5 nitrogen and oxygen atoms in total. The Labute approximate surface area is 109 Å². The van der Waals surface area contributed by atoms with Crippen LogP contribution in [0.3, 0.4) is 0 Å². The average molecular weight is 266 g/mol. The molecule has 0 radical (unpaired) electrons. The summed E-state index contributed by atoms with van der Waals surface area (Å²) < 4.78 is 1.65. The van der Waals surface area contributed by atoms with Crippen LogP contribution in [0.2, 0.25) is 5.02 Å². The maximum Gasteiger partial charge on any atom is 0.255 e. The van der Waals surface area contributed by atoms with Gasteiger partial charge in [0.1, 0.15) is 5.75 Å². The molecule has 0 aliphatic heterocycles. The highest BCUT2D eigenvalue weighted by molar-refractivity contribution is 6.31. The molecule has 1 aromatic carbocycles. The van der Waals surface area contributed by atoms with E-state index in [-0.39, 0.29) is 17.2 Å². The van der Waals surface area contributed by atoms with Crippen molar-refractivity contribution in [2.75, 3.05) is 0 Å². The van der Waals surface area contributed by atoms with Gasteiger partial charge >= 0.3 is 0 Å². The van der Waals surface area contributed by atoms with Crippen LogP contribution in [0.1, 0.15) is 15.9 Å². The van der Waals surface area contributed by atoms with Crippen LogP contribution in [0.4, 0.5) is 0 Å². The van der Waals surface area contributed by atoms with Crippen LogP contribution < -0.4 is 5.32 Å². The number of hydrogen-bond acceptors (Lipinski definition) is 3. The standard InChI is InChI=1S/C12H12ClN3O2/c1-16-7-8(6-15-16)5-14-12(18)10-4-9(13)2-3-11(10)17/h2-4,6-7,17H,5H2,1H3,(H,14,18). The lowest BCUT2D eigenvalue weighted by Crippen LogP contribution is -2.22. The van der Waals surface area contributed by atoms with E-state index < -0.39 is 0 Å². The maximum atomic E-state index is 11.8. The number of aromatic nitrogens is 2. The topological polar surface area (TPSA) is 67.2 Å². The summed E-state index contributed by atoms with van der Waals surface area (Å²) in [7, 11) is 1.80. The molecule has 0 atom stereocenters. The summed E-state index contributed by atoms with van der Waals surface area (Å²) in [6, 6.07) is 4.34. The van der Waals surface area contributed by atoms with E-state index in [1.165, 1.54) is 18.2 Å². The zero-order chi connectivity index (χ0) is 13.1. The second-order valence-electron chi connectivity index (χ2n) is 3.87. The first-order valence-corrected chi connectivity index (χ1v) is 5.68. The van der Waals surface area contributed by atoms with Gasteiger partial charge in [-0.05, 0) is 18.2 Å². The summed E-state index contributed by atoms with van der Waals surface area (Å²) in [6.45, 7) is 0.346. The van der Waals surface area contributed by atoms with Crippen molar-refractivity contribution in [2.45, 2.75) is 6.54 Å². The van der Waals surface area contributed by atoms with Crippen molar-refractivity contribution in [1.82, 2.24) is 15.1 Å². The normalized spacial score (nSPS) is 10.3. The van der Waals surface area contributed by atoms with E-state index in [0.717, 1.165) is 5.56 Å². The number of aromatic hydroxyl groups is 1. The molecule has 0 aliphatic carbocycles. The Morgan fingerprint density at radius 2 is 2.33 bits per heavy atom.